The summed E-state index contributed by atoms with van der Waals surface area (Å²) in [5, 5.41) is 10.3. The molecule has 0 bridgehead atoms. The predicted octanol–water partition coefficient (Wildman–Crippen LogP) is 2.56. The minimum atomic E-state index is -1.11. The van der Waals surface area contributed by atoms with E-state index < -0.39 is 11.5 Å². The SMILES string of the molecule is Cc1[nH]c2ccccc2c1C(=O)N1CCCC1(C)C(=O)O. The highest BCUT2D eigenvalue weighted by Crippen LogP contribution is 2.33. The lowest BCUT2D eigenvalue weighted by Crippen LogP contribution is -2.50. The molecular formula is C16H18N2O3. The summed E-state index contributed by atoms with van der Waals surface area (Å²) < 4.78 is 0. The molecule has 1 atom stereocenters. The molecular weight excluding hydrogens is 268 g/mol. The number of aliphatic carboxylic acids is 1. The molecule has 0 radical (unpaired) electrons. The summed E-state index contributed by atoms with van der Waals surface area (Å²) in [6.45, 7) is 3.96. The average Bonchev–Trinajstić information content (AvgIpc) is 2.98. The molecule has 21 heavy (non-hydrogen) atoms. The van der Waals surface area contributed by atoms with Crippen LogP contribution in [0.15, 0.2) is 24.3 Å². The van der Waals surface area contributed by atoms with Crippen molar-refractivity contribution in [3.63, 3.8) is 0 Å². The molecule has 110 valence electrons. The Morgan fingerprint density at radius 2 is 2.05 bits per heavy atom. The van der Waals surface area contributed by atoms with E-state index in [9.17, 15) is 14.7 Å². The zero-order valence-electron chi connectivity index (χ0n) is 12.1. The molecule has 1 aliphatic heterocycles. The molecule has 2 heterocycles. The van der Waals surface area contributed by atoms with Gasteiger partial charge in [-0.25, -0.2) is 4.79 Å². The number of hydrogen-bond donors (Lipinski definition) is 2. The number of amides is 1. The highest BCUT2D eigenvalue weighted by atomic mass is 16.4. The number of carboxylic acid groups (broad SMARTS) is 1. The molecule has 5 nitrogen and oxygen atoms in total. The van der Waals surface area contributed by atoms with Crippen LogP contribution in [0.25, 0.3) is 10.9 Å². The Kier molecular flexibility index (Phi) is 3.01. The maximum absolute atomic E-state index is 12.9. The van der Waals surface area contributed by atoms with Crippen LogP contribution in [0.2, 0.25) is 0 Å². The van der Waals surface area contributed by atoms with Gasteiger partial charge in [-0.3, -0.25) is 4.79 Å². The number of carbonyl (C=O) groups is 2. The molecule has 1 saturated heterocycles. The van der Waals surface area contributed by atoms with Crippen molar-refractivity contribution in [2.75, 3.05) is 6.54 Å². The number of H-pyrrole nitrogens is 1. The summed E-state index contributed by atoms with van der Waals surface area (Å²) in [5.74, 6) is -1.14. The number of carbonyl (C=O) groups excluding carboxylic acids is 1. The van der Waals surface area contributed by atoms with Crippen LogP contribution in [-0.4, -0.2) is 39.0 Å². The number of hydrogen-bond acceptors (Lipinski definition) is 2. The lowest BCUT2D eigenvalue weighted by atomic mass is 9.98. The van der Waals surface area contributed by atoms with Crippen LogP contribution < -0.4 is 0 Å². The monoisotopic (exact) mass is 286 g/mol. The quantitative estimate of drug-likeness (QED) is 0.891. The topological polar surface area (TPSA) is 73.4 Å². The van der Waals surface area contributed by atoms with Gasteiger partial charge in [0.25, 0.3) is 5.91 Å². The first-order valence-electron chi connectivity index (χ1n) is 7.08. The zero-order chi connectivity index (χ0) is 15.2. The Balaban J connectivity index is 2.09. The van der Waals surface area contributed by atoms with Crippen molar-refractivity contribution in [1.29, 1.82) is 0 Å². The van der Waals surface area contributed by atoms with Gasteiger partial charge in [-0.15, -0.1) is 0 Å². The van der Waals surface area contributed by atoms with Crippen LogP contribution in [0.1, 0.15) is 35.8 Å². The van der Waals surface area contributed by atoms with Crippen molar-refractivity contribution >= 4 is 22.8 Å². The number of benzene rings is 1. The minimum absolute atomic E-state index is 0.202. The van der Waals surface area contributed by atoms with Crippen molar-refractivity contribution < 1.29 is 14.7 Å². The van der Waals surface area contributed by atoms with Gasteiger partial charge in [0.05, 0.1) is 5.56 Å². The molecule has 2 aromatic rings. The van der Waals surface area contributed by atoms with Gasteiger partial charge in [-0.05, 0) is 32.8 Å². The summed E-state index contributed by atoms with van der Waals surface area (Å²) in [4.78, 5) is 29.2. The van der Waals surface area contributed by atoms with Crippen LogP contribution in [-0.2, 0) is 4.79 Å². The van der Waals surface area contributed by atoms with Gasteiger partial charge in [0.2, 0.25) is 0 Å². The van der Waals surface area contributed by atoms with Gasteiger partial charge in [-0.2, -0.15) is 0 Å². The molecule has 0 saturated carbocycles. The van der Waals surface area contributed by atoms with E-state index in [0.29, 0.717) is 18.5 Å². The highest BCUT2D eigenvalue weighted by Gasteiger charge is 2.46. The van der Waals surface area contributed by atoms with Crippen LogP contribution in [0.3, 0.4) is 0 Å². The van der Waals surface area contributed by atoms with E-state index in [-0.39, 0.29) is 5.91 Å². The number of likely N-dealkylation sites (tertiary alicyclic amines) is 1. The molecule has 5 heteroatoms. The lowest BCUT2D eigenvalue weighted by Gasteiger charge is -2.31. The third-order valence-electron chi connectivity index (χ3n) is 4.45. The van der Waals surface area contributed by atoms with Crippen molar-refractivity contribution in [2.45, 2.75) is 32.2 Å². The Bertz CT molecular complexity index is 734. The van der Waals surface area contributed by atoms with Crippen molar-refractivity contribution in [3.05, 3.63) is 35.5 Å². The largest absolute Gasteiger partial charge is 0.480 e. The smallest absolute Gasteiger partial charge is 0.329 e. The fourth-order valence-corrected chi connectivity index (χ4v) is 3.20. The number of aryl methyl sites for hydroxylation is 1. The van der Waals surface area contributed by atoms with E-state index in [1.807, 2.05) is 31.2 Å². The van der Waals surface area contributed by atoms with Crippen LogP contribution in [0, 0.1) is 6.92 Å². The number of para-hydroxylation sites is 1. The average molecular weight is 286 g/mol. The van der Waals surface area contributed by atoms with Crippen molar-refractivity contribution in [2.24, 2.45) is 0 Å². The van der Waals surface area contributed by atoms with Crippen molar-refractivity contribution in [1.82, 2.24) is 9.88 Å². The van der Waals surface area contributed by atoms with Crippen molar-refractivity contribution in [3.8, 4) is 0 Å². The molecule has 3 rings (SSSR count). The molecule has 1 fully saturated rings. The summed E-state index contributed by atoms with van der Waals surface area (Å²) in [6.07, 6.45) is 1.21. The highest BCUT2D eigenvalue weighted by molar-refractivity contribution is 6.09. The number of aromatic amines is 1. The number of nitrogens with one attached hydrogen (secondary N) is 1. The first-order valence-corrected chi connectivity index (χ1v) is 7.08. The maximum Gasteiger partial charge on any atom is 0.329 e. The summed E-state index contributed by atoms with van der Waals surface area (Å²) >= 11 is 0. The first-order chi connectivity index (χ1) is 9.95. The molecule has 1 aliphatic rings. The normalized spacial score (nSPS) is 21.9. The first kappa shape index (κ1) is 13.7. The molecule has 1 aromatic heterocycles. The summed E-state index contributed by atoms with van der Waals surface area (Å²) in [7, 11) is 0. The van der Waals surface area contributed by atoms with Gasteiger partial charge in [0.1, 0.15) is 5.54 Å². The van der Waals surface area contributed by atoms with Crippen LogP contribution in [0.4, 0.5) is 0 Å². The second-order valence-electron chi connectivity index (χ2n) is 5.81. The van der Waals surface area contributed by atoms with E-state index in [1.54, 1.807) is 6.92 Å². The molecule has 1 aromatic carbocycles. The molecule has 2 N–H and O–H groups in total. The van der Waals surface area contributed by atoms with E-state index in [2.05, 4.69) is 4.98 Å². The zero-order valence-corrected chi connectivity index (χ0v) is 12.1. The predicted molar refractivity (Wildman–Crippen MR) is 79.3 cm³/mol. The number of rotatable bonds is 2. The fraction of sp³-hybridized carbons (Fsp3) is 0.375. The van der Waals surface area contributed by atoms with Crippen LogP contribution >= 0.6 is 0 Å². The summed E-state index contributed by atoms with van der Waals surface area (Å²) in [6, 6.07) is 7.59. The number of aromatic nitrogens is 1. The molecule has 0 aliphatic carbocycles. The van der Waals surface area contributed by atoms with Gasteiger partial charge >= 0.3 is 5.97 Å². The molecule has 0 spiro atoms. The van der Waals surface area contributed by atoms with Gasteiger partial charge in [-0.1, -0.05) is 18.2 Å². The fourth-order valence-electron chi connectivity index (χ4n) is 3.20. The minimum Gasteiger partial charge on any atom is -0.480 e. The standard InChI is InChI=1S/C16H18N2O3/c1-10-13(11-6-3-4-7-12(11)17-10)14(19)18-9-5-8-16(18,2)15(20)21/h3-4,6-7,17H,5,8-9H2,1-2H3,(H,20,21). The van der Waals surface area contributed by atoms with E-state index in [0.717, 1.165) is 23.0 Å². The Morgan fingerprint density at radius 1 is 1.33 bits per heavy atom. The third-order valence-corrected chi connectivity index (χ3v) is 4.45. The van der Waals surface area contributed by atoms with Gasteiger partial charge in [0.15, 0.2) is 0 Å². The lowest BCUT2D eigenvalue weighted by molar-refractivity contribution is -0.147. The summed E-state index contributed by atoms with van der Waals surface area (Å²) in [5.41, 5.74) is 1.15. The van der Waals surface area contributed by atoms with E-state index >= 15 is 0 Å². The second-order valence-corrected chi connectivity index (χ2v) is 5.81. The number of fused-ring (bicyclic) bond motifs is 1. The van der Waals surface area contributed by atoms with E-state index in [1.165, 1.54) is 4.90 Å². The third kappa shape index (κ3) is 1.92. The number of carboxylic acids is 1. The Hall–Kier alpha value is -2.30. The second kappa shape index (κ2) is 4.62. The van der Waals surface area contributed by atoms with Gasteiger partial charge < -0.3 is 15.0 Å². The number of nitrogens with zero attached hydrogens (tertiary/aromatic N) is 1. The van der Waals surface area contributed by atoms with Gasteiger partial charge in [0, 0.05) is 23.1 Å². The Labute approximate surface area is 122 Å². The Morgan fingerprint density at radius 3 is 2.76 bits per heavy atom. The molecule has 1 amide bonds. The maximum atomic E-state index is 12.9. The molecule has 1 unspecified atom stereocenters. The van der Waals surface area contributed by atoms with E-state index in [4.69, 9.17) is 0 Å². The van der Waals surface area contributed by atoms with Crippen LogP contribution in [0.5, 0.6) is 0 Å².